The monoisotopic (exact) mass is 410 g/mol. The van der Waals surface area contributed by atoms with Crippen LogP contribution in [0.2, 0.25) is 0 Å². The molecule has 0 aliphatic carbocycles. The van der Waals surface area contributed by atoms with Gasteiger partial charge in [-0.05, 0) is 24.3 Å². The van der Waals surface area contributed by atoms with E-state index in [9.17, 15) is 14.9 Å². The van der Waals surface area contributed by atoms with Crippen LogP contribution in [0.15, 0.2) is 54.9 Å². The summed E-state index contributed by atoms with van der Waals surface area (Å²) in [4.78, 5) is 29.5. The predicted molar refractivity (Wildman–Crippen MR) is 111 cm³/mol. The van der Waals surface area contributed by atoms with Gasteiger partial charge in [-0.3, -0.25) is 14.9 Å². The zero-order valence-corrected chi connectivity index (χ0v) is 16.9. The second-order valence-electron chi connectivity index (χ2n) is 6.57. The fraction of sp³-hybridized carbons (Fsp3) is 0.238. The number of ketones is 1. The summed E-state index contributed by atoms with van der Waals surface area (Å²) in [7, 11) is 4.98. The SMILES string of the molecule is COc1ccccc1OCCN(C)c1ccc(C(=O)c2nccn2C)cc1[N+](=O)[O-]. The third-order valence-electron chi connectivity index (χ3n) is 4.62. The van der Waals surface area contributed by atoms with Gasteiger partial charge in [0.15, 0.2) is 17.3 Å². The minimum atomic E-state index is -0.498. The summed E-state index contributed by atoms with van der Waals surface area (Å²) < 4.78 is 12.6. The fourth-order valence-corrected chi connectivity index (χ4v) is 3.00. The van der Waals surface area contributed by atoms with Gasteiger partial charge in [-0.1, -0.05) is 12.1 Å². The predicted octanol–water partition coefficient (Wildman–Crippen LogP) is 3.08. The molecule has 1 heterocycles. The highest BCUT2D eigenvalue weighted by Gasteiger charge is 2.22. The van der Waals surface area contributed by atoms with E-state index in [0.29, 0.717) is 30.3 Å². The molecule has 1 aromatic heterocycles. The molecule has 0 aliphatic heterocycles. The van der Waals surface area contributed by atoms with E-state index in [4.69, 9.17) is 9.47 Å². The lowest BCUT2D eigenvalue weighted by molar-refractivity contribution is -0.384. The van der Waals surface area contributed by atoms with Gasteiger partial charge in [0.05, 0.1) is 18.6 Å². The number of nitro groups is 1. The van der Waals surface area contributed by atoms with Gasteiger partial charge in [0.2, 0.25) is 5.78 Å². The number of imidazole rings is 1. The molecule has 9 heteroatoms. The number of hydrogen-bond donors (Lipinski definition) is 0. The number of anilines is 1. The molecule has 3 rings (SSSR count). The Hall–Kier alpha value is -3.88. The molecule has 0 fully saturated rings. The average Bonchev–Trinajstić information content (AvgIpc) is 3.18. The molecule has 0 radical (unpaired) electrons. The number of hydrogen-bond acceptors (Lipinski definition) is 7. The molecule has 0 N–H and O–H groups in total. The zero-order chi connectivity index (χ0) is 21.7. The van der Waals surface area contributed by atoms with Crippen LogP contribution in [-0.4, -0.2) is 47.6 Å². The summed E-state index contributed by atoms with van der Waals surface area (Å²) in [6.07, 6.45) is 3.15. The van der Waals surface area contributed by atoms with Crippen molar-refractivity contribution < 1.29 is 19.2 Å². The highest BCUT2D eigenvalue weighted by atomic mass is 16.6. The normalized spacial score (nSPS) is 10.5. The molecule has 0 spiro atoms. The van der Waals surface area contributed by atoms with E-state index in [2.05, 4.69) is 4.98 Å². The lowest BCUT2D eigenvalue weighted by Gasteiger charge is -2.20. The van der Waals surface area contributed by atoms with Crippen LogP contribution < -0.4 is 14.4 Å². The number of likely N-dealkylation sites (N-methyl/N-ethyl adjacent to an activating group) is 1. The maximum Gasteiger partial charge on any atom is 0.293 e. The maximum atomic E-state index is 12.6. The quantitative estimate of drug-likeness (QED) is 0.304. The van der Waals surface area contributed by atoms with Crippen LogP contribution in [0.5, 0.6) is 11.5 Å². The Bertz CT molecular complexity index is 1060. The van der Waals surface area contributed by atoms with Crippen molar-refractivity contribution in [3.8, 4) is 11.5 Å². The van der Waals surface area contributed by atoms with Crippen LogP contribution in [0, 0.1) is 10.1 Å². The van der Waals surface area contributed by atoms with Crippen molar-refractivity contribution in [2.75, 3.05) is 32.2 Å². The molecule has 0 bridgehead atoms. The first-order valence-corrected chi connectivity index (χ1v) is 9.19. The Morgan fingerprint density at radius 3 is 2.60 bits per heavy atom. The largest absolute Gasteiger partial charge is 0.493 e. The Balaban J connectivity index is 1.75. The minimum Gasteiger partial charge on any atom is -0.493 e. The van der Waals surface area contributed by atoms with E-state index in [1.807, 2.05) is 12.1 Å². The number of rotatable bonds is 9. The second-order valence-corrected chi connectivity index (χ2v) is 6.57. The number of methoxy groups -OCH3 is 1. The molecule has 0 saturated heterocycles. The van der Waals surface area contributed by atoms with Gasteiger partial charge in [0, 0.05) is 38.1 Å². The van der Waals surface area contributed by atoms with E-state index in [0.717, 1.165) is 0 Å². The Labute approximate surface area is 173 Å². The topological polar surface area (TPSA) is 99.7 Å². The fourth-order valence-electron chi connectivity index (χ4n) is 3.00. The molecule has 2 aromatic carbocycles. The summed E-state index contributed by atoms with van der Waals surface area (Å²) >= 11 is 0. The van der Waals surface area contributed by atoms with Crippen LogP contribution in [0.3, 0.4) is 0 Å². The third-order valence-corrected chi connectivity index (χ3v) is 4.62. The average molecular weight is 410 g/mol. The van der Waals surface area contributed by atoms with E-state index < -0.39 is 4.92 Å². The van der Waals surface area contributed by atoms with Crippen molar-refractivity contribution in [1.29, 1.82) is 0 Å². The van der Waals surface area contributed by atoms with Gasteiger partial charge in [-0.2, -0.15) is 0 Å². The molecular weight excluding hydrogens is 388 g/mol. The summed E-state index contributed by atoms with van der Waals surface area (Å²) in [6.45, 7) is 0.688. The van der Waals surface area contributed by atoms with Crippen molar-refractivity contribution in [3.63, 3.8) is 0 Å². The Morgan fingerprint density at radius 2 is 1.97 bits per heavy atom. The van der Waals surface area contributed by atoms with Crippen molar-refractivity contribution in [2.45, 2.75) is 0 Å². The Morgan fingerprint density at radius 1 is 1.23 bits per heavy atom. The number of benzene rings is 2. The van der Waals surface area contributed by atoms with E-state index in [1.165, 1.54) is 12.3 Å². The second kappa shape index (κ2) is 9.08. The van der Waals surface area contributed by atoms with Gasteiger partial charge in [0.25, 0.3) is 5.69 Å². The number of carbonyl (C=O) groups is 1. The number of aryl methyl sites for hydroxylation is 1. The number of aromatic nitrogens is 2. The van der Waals surface area contributed by atoms with Crippen molar-refractivity contribution in [3.05, 3.63) is 76.4 Å². The molecule has 156 valence electrons. The minimum absolute atomic E-state index is 0.158. The van der Waals surface area contributed by atoms with Crippen LogP contribution in [0.1, 0.15) is 16.2 Å². The van der Waals surface area contributed by atoms with Crippen LogP contribution in [-0.2, 0) is 7.05 Å². The summed E-state index contributed by atoms with van der Waals surface area (Å²) in [5, 5.41) is 11.6. The lowest BCUT2D eigenvalue weighted by atomic mass is 10.1. The molecular formula is C21H22N4O5. The van der Waals surface area contributed by atoms with Gasteiger partial charge in [0.1, 0.15) is 12.3 Å². The standard InChI is InChI=1S/C21H22N4O5/c1-23(12-13-30-19-7-5-4-6-18(19)29-3)16-9-8-15(14-17(16)25(27)28)20(26)21-22-10-11-24(21)2/h4-11,14H,12-13H2,1-3H3. The first kappa shape index (κ1) is 20.8. The van der Waals surface area contributed by atoms with E-state index in [-0.39, 0.29) is 22.9 Å². The molecule has 0 unspecified atom stereocenters. The molecule has 0 atom stereocenters. The van der Waals surface area contributed by atoms with Crippen molar-refractivity contribution in [1.82, 2.24) is 9.55 Å². The first-order valence-electron chi connectivity index (χ1n) is 9.19. The number of nitro benzene ring substituents is 1. The molecule has 3 aromatic rings. The van der Waals surface area contributed by atoms with Crippen LogP contribution >= 0.6 is 0 Å². The molecule has 0 saturated carbocycles. The zero-order valence-electron chi connectivity index (χ0n) is 16.9. The smallest absolute Gasteiger partial charge is 0.293 e. The summed E-state index contributed by atoms with van der Waals surface area (Å²) in [5.41, 5.74) is 0.438. The highest BCUT2D eigenvalue weighted by Crippen LogP contribution is 2.30. The van der Waals surface area contributed by atoms with Crippen molar-refractivity contribution >= 4 is 17.2 Å². The maximum absolute atomic E-state index is 12.6. The number of carbonyl (C=O) groups excluding carboxylic acids is 1. The van der Waals surface area contributed by atoms with Crippen molar-refractivity contribution in [2.24, 2.45) is 7.05 Å². The van der Waals surface area contributed by atoms with E-state index >= 15 is 0 Å². The highest BCUT2D eigenvalue weighted by molar-refractivity contribution is 6.07. The first-order chi connectivity index (χ1) is 14.4. The molecule has 0 aliphatic rings. The van der Waals surface area contributed by atoms with Crippen LogP contribution in [0.4, 0.5) is 11.4 Å². The van der Waals surface area contributed by atoms with Gasteiger partial charge < -0.3 is 18.9 Å². The molecule has 0 amide bonds. The summed E-state index contributed by atoms with van der Waals surface area (Å²) in [5.74, 6) is 1.05. The number of nitrogens with zero attached hydrogens (tertiary/aromatic N) is 4. The third kappa shape index (κ3) is 4.40. The Kier molecular flexibility index (Phi) is 6.31. The van der Waals surface area contributed by atoms with E-state index in [1.54, 1.807) is 61.1 Å². The summed E-state index contributed by atoms with van der Waals surface area (Å²) in [6, 6.07) is 11.7. The van der Waals surface area contributed by atoms with Gasteiger partial charge in [-0.15, -0.1) is 0 Å². The van der Waals surface area contributed by atoms with Gasteiger partial charge >= 0.3 is 0 Å². The van der Waals surface area contributed by atoms with Crippen LogP contribution in [0.25, 0.3) is 0 Å². The molecule has 9 nitrogen and oxygen atoms in total. The lowest BCUT2D eigenvalue weighted by Crippen LogP contribution is -2.24. The number of para-hydroxylation sites is 2. The molecule has 30 heavy (non-hydrogen) atoms. The number of ether oxygens (including phenoxy) is 2. The van der Waals surface area contributed by atoms with Gasteiger partial charge in [-0.25, -0.2) is 4.98 Å².